The Bertz CT molecular complexity index is 312. The minimum Gasteiger partial charge on any atom is -0.382 e. The average molecular weight is 246 g/mol. The van der Waals surface area contributed by atoms with Gasteiger partial charge in [0.05, 0.1) is 0 Å². The van der Waals surface area contributed by atoms with Gasteiger partial charge in [-0.25, -0.2) is 0 Å². The maximum absolute atomic E-state index is 3.64. The molecule has 2 rings (SSSR count). The Hall–Kier alpha value is -1.02. The minimum atomic E-state index is 0.707. The van der Waals surface area contributed by atoms with Gasteiger partial charge >= 0.3 is 0 Å². The summed E-state index contributed by atoms with van der Waals surface area (Å²) >= 11 is 0. The van der Waals surface area contributed by atoms with Gasteiger partial charge in [-0.05, 0) is 43.6 Å². The molecule has 0 aliphatic heterocycles. The van der Waals surface area contributed by atoms with Gasteiger partial charge in [0.15, 0.2) is 0 Å². The Labute approximate surface area is 111 Å². The molecule has 1 N–H and O–H groups in total. The van der Waals surface area contributed by atoms with Crippen LogP contribution in [0.1, 0.15) is 45.1 Å². The second kappa shape index (κ2) is 6.79. The van der Waals surface area contributed by atoms with Crippen LogP contribution in [0.2, 0.25) is 0 Å². The van der Waals surface area contributed by atoms with Crippen molar-refractivity contribution in [3.05, 3.63) is 29.8 Å². The van der Waals surface area contributed by atoms with Crippen LogP contribution in [0.5, 0.6) is 0 Å². The fourth-order valence-electron chi connectivity index (χ4n) is 2.72. The van der Waals surface area contributed by atoms with E-state index in [-0.39, 0.29) is 0 Å². The van der Waals surface area contributed by atoms with Gasteiger partial charge in [0.25, 0.3) is 0 Å². The van der Waals surface area contributed by atoms with E-state index in [9.17, 15) is 0 Å². The molecule has 0 radical (unpaired) electrons. The second-order valence-electron chi connectivity index (χ2n) is 5.28. The lowest BCUT2D eigenvalue weighted by atomic mass is 10.1. The van der Waals surface area contributed by atoms with Gasteiger partial charge in [0, 0.05) is 18.3 Å². The van der Waals surface area contributed by atoms with Gasteiger partial charge in [-0.1, -0.05) is 38.8 Å². The summed E-state index contributed by atoms with van der Waals surface area (Å²) < 4.78 is 0. The Morgan fingerprint density at radius 3 is 2.22 bits per heavy atom. The largest absolute Gasteiger partial charge is 0.382 e. The quantitative estimate of drug-likeness (QED) is 0.819. The van der Waals surface area contributed by atoms with Crippen molar-refractivity contribution >= 4 is 5.69 Å². The highest BCUT2D eigenvalue weighted by molar-refractivity contribution is 5.45. The number of nitrogens with zero attached hydrogens (tertiary/aromatic N) is 1. The molecule has 1 aromatic rings. The van der Waals surface area contributed by atoms with E-state index in [2.05, 4.69) is 48.3 Å². The maximum atomic E-state index is 3.64. The zero-order valence-corrected chi connectivity index (χ0v) is 11.8. The molecular weight excluding hydrogens is 220 g/mol. The highest BCUT2D eigenvalue weighted by Gasteiger charge is 2.14. The van der Waals surface area contributed by atoms with Crippen molar-refractivity contribution in [3.8, 4) is 0 Å². The summed E-state index contributed by atoms with van der Waals surface area (Å²) in [5.41, 5.74) is 2.70. The summed E-state index contributed by atoms with van der Waals surface area (Å²) in [7, 11) is 0. The van der Waals surface area contributed by atoms with Crippen LogP contribution in [0, 0.1) is 0 Å². The Balaban J connectivity index is 1.88. The number of benzene rings is 1. The first-order valence-electron chi connectivity index (χ1n) is 7.39. The molecule has 1 aliphatic rings. The summed E-state index contributed by atoms with van der Waals surface area (Å²) in [5.74, 6) is 0. The molecular formula is C16H26N2. The highest BCUT2D eigenvalue weighted by Crippen LogP contribution is 2.22. The molecule has 2 heteroatoms. The fraction of sp³-hybridized carbons (Fsp3) is 0.625. The first kappa shape index (κ1) is 13.4. The highest BCUT2D eigenvalue weighted by atomic mass is 15.1. The van der Waals surface area contributed by atoms with Crippen molar-refractivity contribution in [2.75, 3.05) is 18.4 Å². The van der Waals surface area contributed by atoms with Gasteiger partial charge < -0.3 is 5.32 Å². The minimum absolute atomic E-state index is 0.707. The number of nitrogens with one attached hydrogen (secondary N) is 1. The maximum Gasteiger partial charge on any atom is 0.0342 e. The molecule has 1 aromatic carbocycles. The normalized spacial score (nSPS) is 16.4. The Kier molecular flexibility index (Phi) is 5.06. The summed E-state index contributed by atoms with van der Waals surface area (Å²) in [6.45, 7) is 7.76. The molecule has 0 heterocycles. The van der Waals surface area contributed by atoms with Gasteiger partial charge in [-0.15, -0.1) is 0 Å². The predicted molar refractivity (Wildman–Crippen MR) is 78.9 cm³/mol. The van der Waals surface area contributed by atoms with Crippen LogP contribution < -0.4 is 5.32 Å². The smallest absolute Gasteiger partial charge is 0.0342 e. The van der Waals surface area contributed by atoms with E-state index >= 15 is 0 Å². The average Bonchev–Trinajstić information content (AvgIpc) is 2.91. The number of rotatable bonds is 6. The van der Waals surface area contributed by atoms with E-state index in [1.807, 2.05) is 0 Å². The lowest BCUT2D eigenvalue weighted by molar-refractivity contribution is 0.296. The van der Waals surface area contributed by atoms with E-state index in [4.69, 9.17) is 0 Å². The fourth-order valence-corrected chi connectivity index (χ4v) is 2.72. The van der Waals surface area contributed by atoms with Crippen molar-refractivity contribution < 1.29 is 0 Å². The first-order chi connectivity index (χ1) is 8.81. The molecule has 0 unspecified atom stereocenters. The zero-order valence-electron chi connectivity index (χ0n) is 11.8. The third-order valence-corrected chi connectivity index (χ3v) is 3.98. The lowest BCUT2D eigenvalue weighted by Crippen LogP contribution is -2.22. The molecule has 2 nitrogen and oxygen atoms in total. The molecule has 1 aliphatic carbocycles. The van der Waals surface area contributed by atoms with E-state index in [1.54, 1.807) is 0 Å². The van der Waals surface area contributed by atoms with Crippen molar-refractivity contribution in [1.29, 1.82) is 0 Å². The predicted octanol–water partition coefficient (Wildman–Crippen LogP) is 3.88. The standard InChI is InChI=1S/C16H26N2/c1-3-18(4-2)13-14-9-11-16(12-10-14)17-15-7-5-6-8-15/h9-12,15,17H,3-8,13H2,1-2H3. The molecule has 0 aromatic heterocycles. The first-order valence-corrected chi connectivity index (χ1v) is 7.39. The summed E-state index contributed by atoms with van der Waals surface area (Å²) in [5, 5.41) is 3.64. The molecule has 100 valence electrons. The van der Waals surface area contributed by atoms with Crippen LogP contribution in [0.15, 0.2) is 24.3 Å². The molecule has 18 heavy (non-hydrogen) atoms. The van der Waals surface area contributed by atoms with Crippen LogP contribution in [0.25, 0.3) is 0 Å². The third-order valence-electron chi connectivity index (χ3n) is 3.98. The number of hydrogen-bond donors (Lipinski definition) is 1. The van der Waals surface area contributed by atoms with E-state index in [0.29, 0.717) is 6.04 Å². The topological polar surface area (TPSA) is 15.3 Å². The molecule has 1 fully saturated rings. The number of hydrogen-bond acceptors (Lipinski definition) is 2. The van der Waals surface area contributed by atoms with Crippen molar-refractivity contribution in [3.63, 3.8) is 0 Å². The van der Waals surface area contributed by atoms with E-state index in [0.717, 1.165) is 19.6 Å². The van der Waals surface area contributed by atoms with Crippen LogP contribution in [0.3, 0.4) is 0 Å². The Morgan fingerprint density at radius 1 is 1.06 bits per heavy atom. The van der Waals surface area contributed by atoms with Crippen LogP contribution in [-0.4, -0.2) is 24.0 Å². The monoisotopic (exact) mass is 246 g/mol. The molecule has 1 saturated carbocycles. The summed E-state index contributed by atoms with van der Waals surface area (Å²) in [6, 6.07) is 9.69. The SMILES string of the molecule is CCN(CC)Cc1ccc(NC2CCCC2)cc1. The van der Waals surface area contributed by atoms with Crippen molar-refractivity contribution in [1.82, 2.24) is 4.90 Å². The van der Waals surface area contributed by atoms with E-state index in [1.165, 1.54) is 36.9 Å². The number of anilines is 1. The van der Waals surface area contributed by atoms with Crippen LogP contribution in [-0.2, 0) is 6.54 Å². The van der Waals surface area contributed by atoms with Gasteiger partial charge in [-0.2, -0.15) is 0 Å². The summed E-state index contributed by atoms with van der Waals surface area (Å²) in [4.78, 5) is 2.44. The molecule has 0 amide bonds. The molecule has 0 atom stereocenters. The van der Waals surface area contributed by atoms with Crippen LogP contribution in [0.4, 0.5) is 5.69 Å². The molecule has 0 spiro atoms. The van der Waals surface area contributed by atoms with Gasteiger partial charge in [-0.3, -0.25) is 4.90 Å². The van der Waals surface area contributed by atoms with Crippen LogP contribution >= 0.6 is 0 Å². The van der Waals surface area contributed by atoms with E-state index < -0.39 is 0 Å². The van der Waals surface area contributed by atoms with Crippen molar-refractivity contribution in [2.45, 2.75) is 52.1 Å². The Morgan fingerprint density at radius 2 is 1.67 bits per heavy atom. The molecule has 0 saturated heterocycles. The zero-order chi connectivity index (χ0) is 12.8. The third kappa shape index (κ3) is 3.74. The van der Waals surface area contributed by atoms with Gasteiger partial charge in [0.1, 0.15) is 0 Å². The molecule has 0 bridgehead atoms. The van der Waals surface area contributed by atoms with Gasteiger partial charge in [0.2, 0.25) is 0 Å². The summed E-state index contributed by atoms with van der Waals surface area (Å²) in [6.07, 6.45) is 5.44. The second-order valence-corrected chi connectivity index (χ2v) is 5.28. The van der Waals surface area contributed by atoms with Crippen molar-refractivity contribution in [2.24, 2.45) is 0 Å². The lowest BCUT2D eigenvalue weighted by Gasteiger charge is -2.18.